The summed E-state index contributed by atoms with van der Waals surface area (Å²) < 4.78 is 15.5. The van der Waals surface area contributed by atoms with Crippen molar-refractivity contribution in [3.63, 3.8) is 0 Å². The average molecular weight is 306 g/mol. The number of carboxylic acids is 1. The summed E-state index contributed by atoms with van der Waals surface area (Å²) in [4.78, 5) is 11.6. The van der Waals surface area contributed by atoms with E-state index in [1.54, 1.807) is 13.0 Å². The Hall–Kier alpha value is -2.35. The monoisotopic (exact) mass is 306 g/mol. The van der Waals surface area contributed by atoms with E-state index in [1.165, 1.54) is 28.2 Å². The van der Waals surface area contributed by atoms with Gasteiger partial charge in [-0.25, -0.2) is 9.07 Å². The highest BCUT2D eigenvalue weighted by molar-refractivity contribution is 7.22. The molecule has 1 atom stereocenters. The second-order valence-corrected chi connectivity index (χ2v) is 5.77. The molecule has 0 amide bonds. The van der Waals surface area contributed by atoms with Crippen molar-refractivity contribution >= 4 is 27.4 Å². The summed E-state index contributed by atoms with van der Waals surface area (Å²) in [6.45, 7) is 1.74. The second kappa shape index (κ2) is 5.21. The minimum Gasteiger partial charge on any atom is -0.481 e. The first-order valence-corrected chi connectivity index (χ1v) is 7.05. The molecule has 8 heteroatoms. The van der Waals surface area contributed by atoms with Crippen molar-refractivity contribution in [2.75, 3.05) is 0 Å². The molecule has 108 valence electrons. The number of aromatic nitrogens is 4. The molecule has 0 aliphatic rings. The van der Waals surface area contributed by atoms with Crippen molar-refractivity contribution in [1.82, 2.24) is 20.2 Å². The maximum absolute atomic E-state index is 13.2. The summed E-state index contributed by atoms with van der Waals surface area (Å²) in [6.07, 6.45) is -0.0719. The van der Waals surface area contributed by atoms with Crippen LogP contribution in [0, 0.1) is 5.82 Å². The predicted octanol–water partition coefficient (Wildman–Crippen LogP) is 2.73. The van der Waals surface area contributed by atoms with Gasteiger partial charge in [-0.2, -0.15) is 0 Å². The van der Waals surface area contributed by atoms with Crippen LogP contribution in [-0.4, -0.2) is 31.3 Å². The molecule has 0 bridgehead atoms. The van der Waals surface area contributed by atoms with Gasteiger partial charge in [0, 0.05) is 4.70 Å². The molecule has 0 spiro atoms. The fourth-order valence-electron chi connectivity index (χ4n) is 2.11. The number of carboxylic acid groups (broad SMARTS) is 1. The molecule has 2 heterocycles. The van der Waals surface area contributed by atoms with E-state index >= 15 is 0 Å². The van der Waals surface area contributed by atoms with Crippen molar-refractivity contribution in [3.8, 4) is 10.7 Å². The van der Waals surface area contributed by atoms with E-state index in [0.29, 0.717) is 5.82 Å². The number of hydrogen-bond donors (Lipinski definition) is 1. The number of carbonyl (C=O) groups is 1. The summed E-state index contributed by atoms with van der Waals surface area (Å²) in [5.74, 6) is -0.720. The van der Waals surface area contributed by atoms with Gasteiger partial charge in [0.1, 0.15) is 5.82 Å². The topological polar surface area (TPSA) is 80.9 Å². The van der Waals surface area contributed by atoms with Crippen LogP contribution in [0.5, 0.6) is 0 Å². The van der Waals surface area contributed by atoms with Gasteiger partial charge < -0.3 is 5.11 Å². The first-order chi connectivity index (χ1) is 10.0. The fourth-order valence-corrected chi connectivity index (χ4v) is 3.17. The summed E-state index contributed by atoms with van der Waals surface area (Å²) in [5, 5.41) is 21.2. The zero-order valence-corrected chi connectivity index (χ0v) is 11.8. The third-order valence-corrected chi connectivity index (χ3v) is 4.18. The highest BCUT2D eigenvalue weighted by Crippen LogP contribution is 2.33. The average Bonchev–Trinajstić information content (AvgIpc) is 3.02. The summed E-state index contributed by atoms with van der Waals surface area (Å²) in [5.41, 5.74) is 0. The van der Waals surface area contributed by atoms with Crippen LogP contribution in [0.15, 0.2) is 24.3 Å². The van der Waals surface area contributed by atoms with Crippen LogP contribution >= 0.6 is 11.3 Å². The van der Waals surface area contributed by atoms with Crippen LogP contribution in [0.1, 0.15) is 19.4 Å². The van der Waals surface area contributed by atoms with Gasteiger partial charge in [0.15, 0.2) is 5.82 Å². The van der Waals surface area contributed by atoms with Gasteiger partial charge in [-0.1, -0.05) is 6.07 Å². The standard InChI is InChI=1S/C13H11FN4O2S/c1-7(4-12(19)20)18-13(15-16-17-18)11-5-8-2-3-9(14)6-10(8)21-11/h2-3,5-7H,4H2,1H3,(H,19,20). The molecule has 3 aromatic rings. The van der Waals surface area contributed by atoms with Crippen LogP contribution in [0.4, 0.5) is 4.39 Å². The minimum atomic E-state index is -0.914. The molecule has 1 unspecified atom stereocenters. The van der Waals surface area contributed by atoms with Crippen molar-refractivity contribution in [2.24, 2.45) is 0 Å². The van der Waals surface area contributed by atoms with E-state index < -0.39 is 5.97 Å². The molecule has 1 aromatic carbocycles. The van der Waals surface area contributed by atoms with Crippen LogP contribution in [0.3, 0.4) is 0 Å². The van der Waals surface area contributed by atoms with E-state index in [2.05, 4.69) is 15.5 Å². The number of fused-ring (bicyclic) bond motifs is 1. The van der Waals surface area contributed by atoms with Gasteiger partial charge in [-0.15, -0.1) is 16.4 Å². The van der Waals surface area contributed by atoms with Crippen molar-refractivity contribution in [3.05, 3.63) is 30.1 Å². The van der Waals surface area contributed by atoms with Crippen LogP contribution < -0.4 is 0 Å². The molecule has 0 fully saturated rings. The van der Waals surface area contributed by atoms with E-state index in [9.17, 15) is 9.18 Å². The molecule has 21 heavy (non-hydrogen) atoms. The molecule has 0 radical (unpaired) electrons. The maximum Gasteiger partial charge on any atom is 0.305 e. The zero-order chi connectivity index (χ0) is 15.0. The highest BCUT2D eigenvalue weighted by Gasteiger charge is 2.18. The minimum absolute atomic E-state index is 0.0719. The first kappa shape index (κ1) is 13.6. The molecule has 2 aromatic heterocycles. The smallest absolute Gasteiger partial charge is 0.305 e. The van der Waals surface area contributed by atoms with Crippen LogP contribution in [0.25, 0.3) is 20.8 Å². The molecule has 0 aliphatic carbocycles. The third-order valence-electron chi connectivity index (χ3n) is 3.08. The van der Waals surface area contributed by atoms with Gasteiger partial charge in [-0.3, -0.25) is 4.79 Å². The molecular formula is C13H11FN4O2S. The lowest BCUT2D eigenvalue weighted by Gasteiger charge is -2.09. The molecule has 0 aliphatic heterocycles. The molecule has 3 rings (SSSR count). The number of aliphatic carboxylic acids is 1. The van der Waals surface area contributed by atoms with Gasteiger partial charge in [0.25, 0.3) is 0 Å². The number of nitrogens with zero attached hydrogens (tertiary/aromatic N) is 4. The summed E-state index contributed by atoms with van der Waals surface area (Å²) in [6, 6.07) is 6.05. The highest BCUT2D eigenvalue weighted by atomic mass is 32.1. The quantitative estimate of drug-likeness (QED) is 0.801. The number of tetrazole rings is 1. The Morgan fingerprint density at radius 3 is 3.05 bits per heavy atom. The number of rotatable bonds is 4. The Bertz CT molecular complexity index is 813. The molecule has 1 N–H and O–H groups in total. The van der Waals surface area contributed by atoms with Gasteiger partial charge in [-0.05, 0) is 40.9 Å². The largest absolute Gasteiger partial charge is 0.481 e. The Kier molecular flexibility index (Phi) is 3.38. The Morgan fingerprint density at radius 2 is 2.29 bits per heavy atom. The van der Waals surface area contributed by atoms with E-state index in [1.807, 2.05) is 6.07 Å². The first-order valence-electron chi connectivity index (χ1n) is 6.23. The van der Waals surface area contributed by atoms with E-state index in [-0.39, 0.29) is 18.3 Å². The van der Waals surface area contributed by atoms with Crippen LogP contribution in [0.2, 0.25) is 0 Å². The zero-order valence-electron chi connectivity index (χ0n) is 11.0. The molecule has 0 saturated carbocycles. The number of benzene rings is 1. The van der Waals surface area contributed by atoms with Gasteiger partial charge in [0.05, 0.1) is 17.3 Å². The van der Waals surface area contributed by atoms with Gasteiger partial charge in [0.2, 0.25) is 0 Å². The lowest BCUT2D eigenvalue weighted by molar-refractivity contribution is -0.137. The van der Waals surface area contributed by atoms with Crippen LogP contribution in [-0.2, 0) is 4.79 Å². The lowest BCUT2D eigenvalue weighted by Crippen LogP contribution is -2.13. The predicted molar refractivity (Wildman–Crippen MR) is 75.6 cm³/mol. The Labute approximate surface area is 122 Å². The Morgan fingerprint density at radius 1 is 1.48 bits per heavy atom. The summed E-state index contributed by atoms with van der Waals surface area (Å²) >= 11 is 1.37. The molecule has 6 nitrogen and oxygen atoms in total. The van der Waals surface area contributed by atoms with Crippen molar-refractivity contribution in [2.45, 2.75) is 19.4 Å². The van der Waals surface area contributed by atoms with Crippen molar-refractivity contribution < 1.29 is 14.3 Å². The van der Waals surface area contributed by atoms with Gasteiger partial charge >= 0.3 is 5.97 Å². The van der Waals surface area contributed by atoms with E-state index in [4.69, 9.17) is 5.11 Å². The second-order valence-electron chi connectivity index (χ2n) is 4.69. The van der Waals surface area contributed by atoms with E-state index in [0.717, 1.165) is 15.0 Å². The number of halogens is 1. The maximum atomic E-state index is 13.2. The number of thiophene rings is 1. The Balaban J connectivity index is 2.03. The summed E-state index contributed by atoms with van der Waals surface area (Å²) in [7, 11) is 0. The third kappa shape index (κ3) is 2.62. The normalized spacial score (nSPS) is 12.7. The molecule has 0 saturated heterocycles. The SMILES string of the molecule is CC(CC(=O)O)n1nnnc1-c1cc2ccc(F)cc2s1. The lowest BCUT2D eigenvalue weighted by atomic mass is 10.2. The molecular weight excluding hydrogens is 295 g/mol. The van der Waals surface area contributed by atoms with Crippen molar-refractivity contribution in [1.29, 1.82) is 0 Å². The number of hydrogen-bond acceptors (Lipinski definition) is 5. The fraction of sp³-hybridized carbons (Fsp3) is 0.231.